The number of hydrogen-bond donors (Lipinski definition) is 2. The van der Waals surface area contributed by atoms with E-state index in [0.717, 1.165) is 34.1 Å². The lowest BCUT2D eigenvalue weighted by molar-refractivity contribution is -0.274. The highest BCUT2D eigenvalue weighted by Crippen LogP contribution is 2.38. The van der Waals surface area contributed by atoms with Crippen LogP contribution in [0.5, 0.6) is 11.5 Å². The van der Waals surface area contributed by atoms with E-state index in [1.807, 2.05) is 0 Å². The van der Waals surface area contributed by atoms with E-state index in [9.17, 15) is 32.3 Å². The summed E-state index contributed by atoms with van der Waals surface area (Å²) < 4.78 is 48.7. The van der Waals surface area contributed by atoms with E-state index in [2.05, 4.69) is 10.1 Å². The Kier molecular flexibility index (Phi) is 8.05. The average Bonchev–Trinajstić information content (AvgIpc) is 2.83. The van der Waals surface area contributed by atoms with Gasteiger partial charge in [-0.25, -0.2) is 4.79 Å². The third kappa shape index (κ3) is 6.57. The minimum atomic E-state index is -5.04. The summed E-state index contributed by atoms with van der Waals surface area (Å²) in [5, 5.41) is 11.2. The van der Waals surface area contributed by atoms with Crippen LogP contribution >= 0.6 is 0 Å². The molecule has 2 aromatic carbocycles. The summed E-state index contributed by atoms with van der Waals surface area (Å²) in [5.41, 5.74) is -0.00256. The van der Waals surface area contributed by atoms with Crippen LogP contribution in [0.15, 0.2) is 54.7 Å². The van der Waals surface area contributed by atoms with Crippen molar-refractivity contribution >= 4 is 29.4 Å². The minimum absolute atomic E-state index is 0.114. The van der Waals surface area contributed by atoms with Crippen molar-refractivity contribution in [2.45, 2.75) is 18.8 Å². The van der Waals surface area contributed by atoms with Crippen LogP contribution in [0, 0.1) is 0 Å². The number of likely N-dealkylation sites (N-methyl/N-ethyl adjacent to an activating group) is 1. The summed E-state index contributed by atoms with van der Waals surface area (Å²) in [5.74, 6) is -3.01. The van der Waals surface area contributed by atoms with E-state index < -0.39 is 48.3 Å². The van der Waals surface area contributed by atoms with Gasteiger partial charge < -0.3 is 24.8 Å². The fourth-order valence-electron chi connectivity index (χ4n) is 3.54. The number of ether oxygens (including phenoxy) is 2. The predicted molar refractivity (Wildman–Crippen MR) is 124 cm³/mol. The SMILES string of the molecule is COc1cccc(-c2cc(N(C(=O)NCCC(=O)O)[C@H]3C(=O)C=CN(C)C3=O)ccc2OC(F)(F)F)c1. The number of methoxy groups -OCH3 is 1. The normalized spacial score (nSPS) is 15.4. The molecule has 0 fully saturated rings. The van der Waals surface area contributed by atoms with Gasteiger partial charge in [0.15, 0.2) is 11.8 Å². The molecule has 1 heterocycles. The molecule has 2 aromatic rings. The van der Waals surface area contributed by atoms with Gasteiger partial charge in [0.05, 0.1) is 13.5 Å². The number of nitrogens with zero attached hydrogens (tertiary/aromatic N) is 2. The van der Waals surface area contributed by atoms with Crippen molar-refractivity contribution in [1.29, 1.82) is 0 Å². The summed E-state index contributed by atoms with van der Waals surface area (Å²) in [6, 6.07) is 6.52. The number of carboxylic acids is 1. The monoisotopic (exact) mass is 521 g/mol. The predicted octanol–water partition coefficient (Wildman–Crippen LogP) is 3.17. The van der Waals surface area contributed by atoms with Gasteiger partial charge in [0.1, 0.15) is 11.5 Å². The van der Waals surface area contributed by atoms with Gasteiger partial charge in [-0.05, 0) is 35.9 Å². The maximum absolute atomic E-state index is 13.1. The van der Waals surface area contributed by atoms with E-state index in [-0.39, 0.29) is 23.4 Å². The second kappa shape index (κ2) is 11.0. The number of carboxylic acid groups (broad SMARTS) is 1. The summed E-state index contributed by atoms with van der Waals surface area (Å²) in [6.45, 7) is -0.330. The van der Waals surface area contributed by atoms with Crippen LogP contribution in [0.3, 0.4) is 0 Å². The molecule has 1 atom stereocenters. The number of alkyl halides is 3. The molecule has 1 aliphatic heterocycles. The van der Waals surface area contributed by atoms with Crippen LogP contribution < -0.4 is 19.7 Å². The lowest BCUT2D eigenvalue weighted by atomic mass is 10.0. The average molecular weight is 521 g/mol. The number of rotatable bonds is 8. The number of amides is 3. The quantitative estimate of drug-likeness (QED) is 0.511. The Hall–Kier alpha value is -4.55. The topological polar surface area (TPSA) is 125 Å². The molecule has 3 rings (SSSR count). The number of carbonyl (C=O) groups is 4. The molecule has 0 aliphatic carbocycles. The number of anilines is 1. The van der Waals surface area contributed by atoms with Crippen molar-refractivity contribution in [3.05, 3.63) is 54.7 Å². The molecule has 1 aliphatic rings. The van der Waals surface area contributed by atoms with Gasteiger partial charge in [0.25, 0.3) is 5.91 Å². The molecule has 3 amide bonds. The first kappa shape index (κ1) is 27.0. The highest BCUT2D eigenvalue weighted by molar-refractivity contribution is 6.19. The number of halogens is 3. The van der Waals surface area contributed by atoms with Crippen LogP contribution in [0.2, 0.25) is 0 Å². The zero-order valence-electron chi connectivity index (χ0n) is 19.6. The Bertz CT molecular complexity index is 1250. The second-order valence-electron chi connectivity index (χ2n) is 7.78. The van der Waals surface area contributed by atoms with Gasteiger partial charge in [0, 0.05) is 37.1 Å². The van der Waals surface area contributed by atoms with E-state index in [0.29, 0.717) is 5.75 Å². The van der Waals surface area contributed by atoms with Crippen molar-refractivity contribution in [1.82, 2.24) is 10.2 Å². The molecule has 0 spiro atoms. The summed E-state index contributed by atoms with van der Waals surface area (Å²) >= 11 is 0. The van der Waals surface area contributed by atoms with Gasteiger partial charge in [-0.3, -0.25) is 19.3 Å². The van der Waals surface area contributed by atoms with Gasteiger partial charge >= 0.3 is 18.4 Å². The van der Waals surface area contributed by atoms with Crippen molar-refractivity contribution in [3.63, 3.8) is 0 Å². The number of carbonyl (C=O) groups excluding carboxylic acids is 3. The molecular formula is C24H22F3N3O7. The molecule has 0 saturated carbocycles. The minimum Gasteiger partial charge on any atom is -0.497 e. The zero-order chi connectivity index (χ0) is 27.3. The number of benzene rings is 2. The van der Waals surface area contributed by atoms with Gasteiger partial charge in [0.2, 0.25) is 0 Å². The molecule has 0 bridgehead atoms. The molecule has 0 saturated heterocycles. The highest BCUT2D eigenvalue weighted by atomic mass is 19.4. The maximum atomic E-state index is 13.1. The smallest absolute Gasteiger partial charge is 0.497 e. The molecule has 0 aromatic heterocycles. The molecule has 2 N–H and O–H groups in total. The fourth-order valence-corrected chi connectivity index (χ4v) is 3.54. The first-order valence-electron chi connectivity index (χ1n) is 10.7. The first-order valence-corrected chi connectivity index (χ1v) is 10.7. The summed E-state index contributed by atoms with van der Waals surface area (Å²) in [6.07, 6.45) is -3.19. The third-order valence-corrected chi connectivity index (χ3v) is 5.25. The molecule has 37 heavy (non-hydrogen) atoms. The van der Waals surface area contributed by atoms with E-state index in [4.69, 9.17) is 9.84 Å². The largest absolute Gasteiger partial charge is 0.573 e. The molecule has 0 unspecified atom stereocenters. The summed E-state index contributed by atoms with van der Waals surface area (Å²) in [7, 11) is 2.73. The van der Waals surface area contributed by atoms with Crippen LogP contribution in [0.4, 0.5) is 23.7 Å². The van der Waals surface area contributed by atoms with E-state index in [1.54, 1.807) is 6.07 Å². The number of nitrogens with one attached hydrogen (secondary N) is 1. The van der Waals surface area contributed by atoms with E-state index >= 15 is 0 Å². The number of hydrogen-bond acceptors (Lipinski definition) is 6. The van der Waals surface area contributed by atoms with Crippen LogP contribution in [-0.2, 0) is 14.4 Å². The fraction of sp³-hybridized carbons (Fsp3) is 0.250. The van der Waals surface area contributed by atoms with Gasteiger partial charge in [-0.1, -0.05) is 12.1 Å². The van der Waals surface area contributed by atoms with Crippen LogP contribution in [-0.4, -0.2) is 66.8 Å². The Balaban J connectivity index is 2.16. The zero-order valence-corrected chi connectivity index (χ0v) is 19.6. The van der Waals surface area contributed by atoms with Crippen molar-refractivity contribution in [2.75, 3.05) is 25.6 Å². The number of ketones is 1. The Morgan fingerprint density at radius 3 is 2.54 bits per heavy atom. The van der Waals surface area contributed by atoms with Crippen LogP contribution in [0.1, 0.15) is 6.42 Å². The highest BCUT2D eigenvalue weighted by Gasteiger charge is 2.40. The van der Waals surface area contributed by atoms with Gasteiger partial charge in [-0.15, -0.1) is 13.2 Å². The number of urea groups is 1. The molecule has 196 valence electrons. The molecule has 10 nitrogen and oxygen atoms in total. The first-order chi connectivity index (χ1) is 17.4. The van der Waals surface area contributed by atoms with Crippen molar-refractivity contribution in [2.24, 2.45) is 0 Å². The van der Waals surface area contributed by atoms with Crippen molar-refractivity contribution in [3.8, 4) is 22.6 Å². The Morgan fingerprint density at radius 2 is 1.89 bits per heavy atom. The standard InChI is InChI=1S/C24H22F3N3O7/c1-29-11-9-18(31)21(22(29)34)30(23(35)28-10-8-20(32)33)15-6-7-19(37-24(25,26)27)17(13-15)14-4-3-5-16(12-14)36-2/h3-7,9,11-13,21H,8,10H2,1-2H3,(H,28,35)(H,32,33)/t21-/m0/s1. The third-order valence-electron chi connectivity index (χ3n) is 5.25. The molecule has 13 heteroatoms. The second-order valence-corrected chi connectivity index (χ2v) is 7.78. The van der Waals surface area contributed by atoms with Crippen molar-refractivity contribution < 1.29 is 46.9 Å². The lowest BCUT2D eigenvalue weighted by Gasteiger charge is -2.33. The Labute approximate surface area is 208 Å². The molecule has 0 radical (unpaired) electrons. The maximum Gasteiger partial charge on any atom is 0.573 e. The van der Waals surface area contributed by atoms with E-state index in [1.165, 1.54) is 38.6 Å². The van der Waals surface area contributed by atoms with Crippen LogP contribution in [0.25, 0.3) is 11.1 Å². The number of aliphatic carboxylic acids is 1. The Morgan fingerprint density at radius 1 is 1.16 bits per heavy atom. The molecular weight excluding hydrogens is 499 g/mol. The lowest BCUT2D eigenvalue weighted by Crippen LogP contribution is -2.57. The van der Waals surface area contributed by atoms with Gasteiger partial charge in [-0.2, -0.15) is 0 Å². The summed E-state index contributed by atoms with van der Waals surface area (Å²) in [4.78, 5) is 51.4.